The van der Waals surface area contributed by atoms with E-state index in [9.17, 15) is 4.79 Å². The number of rotatable bonds is 6. The van der Waals surface area contributed by atoms with E-state index in [1.54, 1.807) is 0 Å². The minimum atomic E-state index is 0.163. The lowest BCUT2D eigenvalue weighted by atomic mass is 10.1. The van der Waals surface area contributed by atoms with Gasteiger partial charge in [0, 0.05) is 18.6 Å². The number of amides is 1. The van der Waals surface area contributed by atoms with Gasteiger partial charge in [-0.05, 0) is 39.3 Å². The molecule has 4 nitrogen and oxygen atoms in total. The van der Waals surface area contributed by atoms with Crippen molar-refractivity contribution >= 4 is 5.91 Å². The second kappa shape index (κ2) is 7.67. The quantitative estimate of drug-likeness (QED) is 0.728. The predicted molar refractivity (Wildman–Crippen MR) is 71.0 cm³/mol. The molecular weight excluding hydrogens is 214 g/mol. The monoisotopic (exact) mass is 241 g/mol. The molecule has 0 spiro atoms. The third-order valence-electron chi connectivity index (χ3n) is 3.39. The van der Waals surface area contributed by atoms with Crippen LogP contribution in [0.5, 0.6) is 0 Å². The summed E-state index contributed by atoms with van der Waals surface area (Å²) in [4.78, 5) is 14.0. The van der Waals surface area contributed by atoms with E-state index in [4.69, 9.17) is 0 Å². The van der Waals surface area contributed by atoms with Gasteiger partial charge in [0.1, 0.15) is 0 Å². The summed E-state index contributed by atoms with van der Waals surface area (Å²) < 4.78 is 0. The summed E-state index contributed by atoms with van der Waals surface area (Å²) in [5, 5.41) is 6.49. The van der Waals surface area contributed by atoms with Crippen molar-refractivity contribution in [1.29, 1.82) is 0 Å². The van der Waals surface area contributed by atoms with Crippen LogP contribution in [0.3, 0.4) is 0 Å². The average molecular weight is 241 g/mol. The molecule has 4 heteroatoms. The highest BCUT2D eigenvalue weighted by molar-refractivity contribution is 5.78. The Morgan fingerprint density at radius 3 is 2.88 bits per heavy atom. The zero-order valence-electron chi connectivity index (χ0n) is 11.5. The van der Waals surface area contributed by atoms with E-state index in [0.29, 0.717) is 12.6 Å². The highest BCUT2D eigenvalue weighted by atomic mass is 16.2. The van der Waals surface area contributed by atoms with Crippen LogP contribution in [0.1, 0.15) is 40.0 Å². The van der Waals surface area contributed by atoms with E-state index in [1.165, 1.54) is 12.8 Å². The van der Waals surface area contributed by atoms with E-state index in [-0.39, 0.29) is 11.9 Å². The number of hydrogen-bond acceptors (Lipinski definition) is 3. The number of piperidine rings is 1. The Labute approximate surface area is 105 Å². The van der Waals surface area contributed by atoms with Gasteiger partial charge < -0.3 is 10.6 Å². The lowest BCUT2D eigenvalue weighted by Gasteiger charge is -2.32. The first-order valence-corrected chi connectivity index (χ1v) is 6.90. The number of likely N-dealkylation sites (tertiary alicyclic amines) is 1. The van der Waals surface area contributed by atoms with Crippen LogP contribution in [0.15, 0.2) is 0 Å². The molecule has 0 bridgehead atoms. The molecular formula is C13H27N3O. The normalized spacial score (nSPS) is 23.4. The van der Waals surface area contributed by atoms with Gasteiger partial charge in [0.2, 0.25) is 5.91 Å². The average Bonchev–Trinajstić information content (AvgIpc) is 2.29. The van der Waals surface area contributed by atoms with Crippen molar-refractivity contribution < 1.29 is 4.79 Å². The summed E-state index contributed by atoms with van der Waals surface area (Å²) in [6.07, 6.45) is 3.41. The second-order valence-corrected chi connectivity index (χ2v) is 5.01. The molecule has 1 fully saturated rings. The summed E-state index contributed by atoms with van der Waals surface area (Å²) in [7, 11) is 0. The van der Waals surface area contributed by atoms with Gasteiger partial charge in [-0.3, -0.25) is 9.69 Å². The smallest absolute Gasteiger partial charge is 0.234 e. The molecule has 2 N–H and O–H groups in total. The molecule has 0 aliphatic carbocycles. The Balaban J connectivity index is 2.28. The van der Waals surface area contributed by atoms with Gasteiger partial charge >= 0.3 is 0 Å². The van der Waals surface area contributed by atoms with Gasteiger partial charge in [0.15, 0.2) is 0 Å². The van der Waals surface area contributed by atoms with Crippen molar-refractivity contribution in [2.45, 2.75) is 52.1 Å². The molecule has 1 saturated heterocycles. The molecule has 0 aromatic carbocycles. The topological polar surface area (TPSA) is 44.4 Å². The molecule has 1 amide bonds. The van der Waals surface area contributed by atoms with Crippen molar-refractivity contribution in [3.05, 3.63) is 0 Å². The Hall–Kier alpha value is -0.610. The van der Waals surface area contributed by atoms with Crippen molar-refractivity contribution in [1.82, 2.24) is 15.5 Å². The lowest BCUT2D eigenvalue weighted by molar-refractivity contribution is -0.123. The molecule has 1 heterocycles. The second-order valence-electron chi connectivity index (χ2n) is 5.01. The van der Waals surface area contributed by atoms with Crippen LogP contribution in [0.2, 0.25) is 0 Å². The summed E-state index contributed by atoms with van der Waals surface area (Å²) in [6, 6.07) is 0.849. The van der Waals surface area contributed by atoms with Crippen molar-refractivity contribution in [2.75, 3.05) is 26.2 Å². The fourth-order valence-electron chi connectivity index (χ4n) is 2.28. The molecule has 1 rings (SSSR count). The molecule has 1 aliphatic rings. The maximum absolute atomic E-state index is 11.8. The van der Waals surface area contributed by atoms with Crippen LogP contribution < -0.4 is 10.6 Å². The fourth-order valence-corrected chi connectivity index (χ4v) is 2.28. The highest BCUT2D eigenvalue weighted by Gasteiger charge is 2.20. The van der Waals surface area contributed by atoms with Crippen molar-refractivity contribution in [3.63, 3.8) is 0 Å². The third-order valence-corrected chi connectivity index (χ3v) is 3.39. The fraction of sp³-hybridized carbons (Fsp3) is 0.923. The number of carbonyl (C=O) groups excluding carboxylic acids is 1. The van der Waals surface area contributed by atoms with E-state index in [0.717, 1.165) is 26.1 Å². The van der Waals surface area contributed by atoms with Crippen LogP contribution in [0, 0.1) is 0 Å². The van der Waals surface area contributed by atoms with Gasteiger partial charge in [-0.2, -0.15) is 0 Å². The zero-order valence-corrected chi connectivity index (χ0v) is 11.5. The van der Waals surface area contributed by atoms with Crippen LogP contribution in [0.4, 0.5) is 0 Å². The summed E-state index contributed by atoms with van der Waals surface area (Å²) in [6.45, 7) is 9.89. The standard InChI is InChI=1S/C13H27N3O/c1-4-11(3)15-13(17)10-16-8-6-7-12(9-16)14-5-2/h11-12,14H,4-10H2,1-3H3,(H,15,17). The Kier molecular flexibility index (Phi) is 6.52. The maximum Gasteiger partial charge on any atom is 0.234 e. The largest absolute Gasteiger partial charge is 0.353 e. The van der Waals surface area contributed by atoms with E-state index < -0.39 is 0 Å². The number of nitrogens with one attached hydrogen (secondary N) is 2. The molecule has 0 saturated carbocycles. The first kappa shape index (κ1) is 14.5. The maximum atomic E-state index is 11.8. The van der Waals surface area contributed by atoms with Gasteiger partial charge in [-0.25, -0.2) is 0 Å². The summed E-state index contributed by atoms with van der Waals surface area (Å²) in [5.74, 6) is 0.163. The Morgan fingerprint density at radius 2 is 2.24 bits per heavy atom. The molecule has 2 atom stereocenters. The molecule has 0 aromatic heterocycles. The molecule has 0 aromatic rings. The van der Waals surface area contributed by atoms with E-state index in [1.807, 2.05) is 0 Å². The molecule has 100 valence electrons. The molecule has 0 radical (unpaired) electrons. The minimum Gasteiger partial charge on any atom is -0.353 e. The molecule has 1 aliphatic heterocycles. The Bertz CT molecular complexity index is 231. The number of hydrogen-bond donors (Lipinski definition) is 2. The van der Waals surface area contributed by atoms with Gasteiger partial charge in [-0.1, -0.05) is 13.8 Å². The van der Waals surface area contributed by atoms with Gasteiger partial charge in [0.05, 0.1) is 6.54 Å². The van der Waals surface area contributed by atoms with Crippen LogP contribution in [-0.4, -0.2) is 49.1 Å². The van der Waals surface area contributed by atoms with Crippen LogP contribution >= 0.6 is 0 Å². The first-order chi connectivity index (χ1) is 8.15. The third kappa shape index (κ3) is 5.50. The molecule has 2 unspecified atom stereocenters. The van der Waals surface area contributed by atoms with Crippen LogP contribution in [-0.2, 0) is 4.79 Å². The number of carbonyl (C=O) groups is 1. The van der Waals surface area contributed by atoms with Crippen LogP contribution in [0.25, 0.3) is 0 Å². The molecule has 17 heavy (non-hydrogen) atoms. The van der Waals surface area contributed by atoms with Gasteiger partial charge in [0.25, 0.3) is 0 Å². The number of nitrogens with zero attached hydrogens (tertiary/aromatic N) is 1. The summed E-state index contributed by atoms with van der Waals surface area (Å²) >= 11 is 0. The van der Waals surface area contributed by atoms with Crippen molar-refractivity contribution in [2.24, 2.45) is 0 Å². The zero-order chi connectivity index (χ0) is 12.7. The lowest BCUT2D eigenvalue weighted by Crippen LogP contribution is -2.49. The first-order valence-electron chi connectivity index (χ1n) is 6.90. The SMILES string of the molecule is CCNC1CCCN(CC(=O)NC(C)CC)C1. The van der Waals surface area contributed by atoms with Crippen molar-refractivity contribution in [3.8, 4) is 0 Å². The minimum absolute atomic E-state index is 0.163. The highest BCUT2D eigenvalue weighted by Crippen LogP contribution is 2.09. The Morgan fingerprint density at radius 1 is 1.47 bits per heavy atom. The number of likely N-dealkylation sites (N-methyl/N-ethyl adjacent to an activating group) is 1. The van der Waals surface area contributed by atoms with Gasteiger partial charge in [-0.15, -0.1) is 0 Å². The van der Waals surface area contributed by atoms with E-state index >= 15 is 0 Å². The van der Waals surface area contributed by atoms with E-state index in [2.05, 4.69) is 36.3 Å². The predicted octanol–water partition coefficient (Wildman–Crippen LogP) is 0.975. The summed E-state index contributed by atoms with van der Waals surface area (Å²) in [5.41, 5.74) is 0.